The molecule has 0 bridgehead atoms. The fraction of sp³-hybridized carbons (Fsp3) is 0.560. The zero-order valence-electron chi connectivity index (χ0n) is 19.7. The van der Waals surface area contributed by atoms with Crippen LogP contribution in [0.4, 0.5) is 0 Å². The number of ether oxygens (including phenoxy) is 1. The van der Waals surface area contributed by atoms with Gasteiger partial charge >= 0.3 is 0 Å². The van der Waals surface area contributed by atoms with Crippen molar-refractivity contribution < 1.29 is 14.6 Å². The number of hydrogen-bond donors (Lipinski definition) is 3. The van der Waals surface area contributed by atoms with Crippen molar-refractivity contribution in [1.82, 2.24) is 10.6 Å². The molecule has 1 aromatic rings. The van der Waals surface area contributed by atoms with Crippen LogP contribution in [0.25, 0.3) is 0 Å². The number of carbonyl (C=O) groups is 1. The highest BCUT2D eigenvalue weighted by Crippen LogP contribution is 2.29. The number of hydrogen-bond acceptors (Lipinski definition) is 4. The lowest BCUT2D eigenvalue weighted by Gasteiger charge is -2.46. The van der Waals surface area contributed by atoms with E-state index in [2.05, 4.69) is 38.3 Å². The zero-order valence-corrected chi connectivity index (χ0v) is 19.7. The average molecular weight is 417 g/mol. The fourth-order valence-corrected chi connectivity index (χ4v) is 4.11. The van der Waals surface area contributed by atoms with Gasteiger partial charge in [0.15, 0.2) is 0 Å². The van der Waals surface area contributed by atoms with Gasteiger partial charge in [0.1, 0.15) is 5.75 Å². The molecule has 1 amide bonds. The quantitative estimate of drug-likeness (QED) is 0.642. The van der Waals surface area contributed by atoms with Gasteiger partial charge < -0.3 is 20.5 Å². The Morgan fingerprint density at radius 3 is 2.00 bits per heavy atom. The van der Waals surface area contributed by atoms with Crippen molar-refractivity contribution in [1.29, 1.82) is 0 Å². The zero-order chi connectivity index (χ0) is 22.8. The van der Waals surface area contributed by atoms with Gasteiger partial charge in [-0.05, 0) is 65.2 Å². The van der Waals surface area contributed by atoms with E-state index >= 15 is 0 Å². The van der Waals surface area contributed by atoms with Gasteiger partial charge in [-0.15, -0.1) is 0 Å². The predicted octanol–water partition coefficient (Wildman–Crippen LogP) is 5.08. The molecule has 0 unspecified atom stereocenters. The van der Waals surface area contributed by atoms with E-state index in [0.717, 1.165) is 37.0 Å². The molecular formula is C25H40N2O3. The van der Waals surface area contributed by atoms with Gasteiger partial charge in [-0.1, -0.05) is 38.1 Å². The molecule has 0 saturated carbocycles. The summed E-state index contributed by atoms with van der Waals surface area (Å²) in [6, 6.07) is 8.93. The summed E-state index contributed by atoms with van der Waals surface area (Å²) in [6.07, 6.45) is 7.25. The first-order valence-corrected chi connectivity index (χ1v) is 10.9. The minimum atomic E-state index is 0.0454. The van der Waals surface area contributed by atoms with Crippen molar-refractivity contribution in [3.8, 4) is 5.75 Å². The number of piperidine rings is 1. The number of amides is 1. The molecule has 5 heteroatoms. The maximum Gasteiger partial charge on any atom is 0.247 e. The number of allylic oxidation sites excluding steroid dienone is 3. The third kappa shape index (κ3) is 9.04. The second-order valence-corrected chi connectivity index (χ2v) is 8.84. The van der Waals surface area contributed by atoms with Crippen molar-refractivity contribution in [3.05, 3.63) is 53.8 Å². The minimum Gasteiger partial charge on any atom is -0.508 e. The van der Waals surface area contributed by atoms with Gasteiger partial charge in [-0.25, -0.2) is 0 Å². The van der Waals surface area contributed by atoms with E-state index in [0.29, 0.717) is 5.75 Å². The molecular weight excluding hydrogens is 376 g/mol. The number of nitrogens with one attached hydrogen (secondary N) is 2. The summed E-state index contributed by atoms with van der Waals surface area (Å²) in [5.41, 5.74) is 0.943. The fourth-order valence-electron chi connectivity index (χ4n) is 4.11. The Morgan fingerprint density at radius 1 is 1.03 bits per heavy atom. The summed E-state index contributed by atoms with van der Waals surface area (Å²) < 4.78 is 5.20. The van der Waals surface area contributed by atoms with Gasteiger partial charge in [0.2, 0.25) is 5.91 Å². The van der Waals surface area contributed by atoms with E-state index in [1.165, 1.54) is 0 Å². The molecule has 168 valence electrons. The van der Waals surface area contributed by atoms with Gasteiger partial charge in [0.05, 0.1) is 12.9 Å². The van der Waals surface area contributed by atoms with Crippen LogP contribution in [0.2, 0.25) is 0 Å². The molecule has 1 aliphatic heterocycles. The molecule has 1 heterocycles. The highest BCUT2D eigenvalue weighted by Gasteiger charge is 2.38. The number of rotatable bonds is 3. The summed E-state index contributed by atoms with van der Waals surface area (Å²) in [6.45, 7) is 12.8. The Bertz CT molecular complexity index is 705. The Hall–Kier alpha value is -2.27. The first-order valence-electron chi connectivity index (χ1n) is 10.9. The molecule has 0 atom stereocenters. The molecule has 1 aromatic carbocycles. The number of benzene rings is 1. The number of methoxy groups -OCH3 is 1. The van der Waals surface area contributed by atoms with Crippen molar-refractivity contribution in [2.45, 2.75) is 84.3 Å². The number of phenolic OH excluding ortho intramolecular Hbond substituents is 1. The normalized spacial score (nSPS) is 19.6. The number of para-hydroxylation sites is 1. The third-order valence-corrected chi connectivity index (χ3v) is 4.95. The maximum atomic E-state index is 12.4. The molecule has 1 fully saturated rings. The van der Waals surface area contributed by atoms with Crippen molar-refractivity contribution in [2.24, 2.45) is 0 Å². The van der Waals surface area contributed by atoms with Crippen molar-refractivity contribution in [3.63, 3.8) is 0 Å². The van der Waals surface area contributed by atoms with Crippen LogP contribution in [0.5, 0.6) is 5.75 Å². The van der Waals surface area contributed by atoms with E-state index in [1.54, 1.807) is 31.4 Å². The molecule has 5 nitrogen and oxygen atoms in total. The first-order chi connectivity index (χ1) is 14.1. The maximum absolute atomic E-state index is 12.4. The largest absolute Gasteiger partial charge is 0.508 e. The van der Waals surface area contributed by atoms with Gasteiger partial charge in [0, 0.05) is 29.1 Å². The van der Waals surface area contributed by atoms with Gasteiger partial charge in [-0.2, -0.15) is 0 Å². The lowest BCUT2D eigenvalue weighted by molar-refractivity contribution is -0.118. The van der Waals surface area contributed by atoms with E-state index in [-0.39, 0.29) is 23.0 Å². The summed E-state index contributed by atoms with van der Waals surface area (Å²) in [5.74, 6) is 1.33. The topological polar surface area (TPSA) is 70.6 Å². The van der Waals surface area contributed by atoms with Crippen molar-refractivity contribution in [2.75, 3.05) is 7.11 Å². The van der Waals surface area contributed by atoms with Crippen LogP contribution in [0.3, 0.4) is 0 Å². The van der Waals surface area contributed by atoms with Crippen molar-refractivity contribution >= 4 is 5.91 Å². The Balaban J connectivity index is 0.000000418. The lowest BCUT2D eigenvalue weighted by atomic mass is 9.79. The van der Waals surface area contributed by atoms with E-state index < -0.39 is 0 Å². The van der Waals surface area contributed by atoms with Crippen LogP contribution in [0.15, 0.2) is 53.8 Å². The summed E-state index contributed by atoms with van der Waals surface area (Å²) in [4.78, 5) is 12.4. The predicted molar refractivity (Wildman–Crippen MR) is 124 cm³/mol. The SMILES string of the molecule is CC.COC1=CC=C(C(=O)NC2CC(C)(C)NC(C)(C)C2)CC1.Oc1ccccc1. The molecule has 0 aromatic heterocycles. The van der Waals surface area contributed by atoms with Gasteiger partial charge in [-0.3, -0.25) is 4.79 Å². The van der Waals surface area contributed by atoms with Crippen LogP contribution >= 0.6 is 0 Å². The van der Waals surface area contributed by atoms with Crippen LogP contribution in [-0.2, 0) is 9.53 Å². The summed E-state index contributed by atoms with van der Waals surface area (Å²) >= 11 is 0. The molecule has 1 aliphatic carbocycles. The molecule has 3 rings (SSSR count). The third-order valence-electron chi connectivity index (χ3n) is 4.95. The lowest BCUT2D eigenvalue weighted by Crippen LogP contribution is -2.62. The highest BCUT2D eigenvalue weighted by molar-refractivity contribution is 5.94. The monoisotopic (exact) mass is 416 g/mol. The number of phenols is 1. The molecule has 2 aliphatic rings. The highest BCUT2D eigenvalue weighted by atomic mass is 16.5. The molecule has 3 N–H and O–H groups in total. The first kappa shape index (κ1) is 25.8. The van der Waals surface area contributed by atoms with E-state index in [4.69, 9.17) is 9.84 Å². The van der Waals surface area contributed by atoms with E-state index in [1.807, 2.05) is 32.1 Å². The second-order valence-electron chi connectivity index (χ2n) is 8.84. The average Bonchev–Trinajstić information content (AvgIpc) is 2.68. The van der Waals surface area contributed by atoms with E-state index in [9.17, 15) is 4.79 Å². The number of aromatic hydroxyl groups is 1. The molecule has 0 radical (unpaired) electrons. The molecule has 1 saturated heterocycles. The molecule has 0 spiro atoms. The van der Waals surface area contributed by atoms with Crippen LogP contribution in [0, 0.1) is 0 Å². The second kappa shape index (κ2) is 11.8. The minimum absolute atomic E-state index is 0.0454. The Kier molecular flexibility index (Phi) is 10.1. The Labute approximate surface area is 182 Å². The van der Waals surface area contributed by atoms with Gasteiger partial charge in [0.25, 0.3) is 0 Å². The summed E-state index contributed by atoms with van der Waals surface area (Å²) in [5, 5.41) is 15.5. The standard InChI is InChI=1S/C17H28N2O2.C6H6O.C2H6/c1-16(2)10-13(11-17(3,4)19-16)18-15(20)12-6-8-14(21-5)9-7-12;7-6-4-2-1-3-5-6;1-2/h6,8,13,19H,7,9-11H2,1-5H3,(H,18,20);1-5,7H;1-2H3. The van der Waals surface area contributed by atoms with Crippen LogP contribution in [-0.4, -0.2) is 35.2 Å². The summed E-state index contributed by atoms with van der Waals surface area (Å²) in [7, 11) is 1.67. The Morgan fingerprint density at radius 2 is 1.60 bits per heavy atom. The molecule has 30 heavy (non-hydrogen) atoms. The smallest absolute Gasteiger partial charge is 0.247 e. The number of carbonyl (C=O) groups excluding carboxylic acids is 1. The van der Waals surface area contributed by atoms with Crippen LogP contribution < -0.4 is 10.6 Å². The van der Waals surface area contributed by atoms with Crippen LogP contribution in [0.1, 0.15) is 67.2 Å².